The highest BCUT2D eigenvalue weighted by atomic mass is 16.2. The summed E-state index contributed by atoms with van der Waals surface area (Å²) in [7, 11) is 0. The van der Waals surface area contributed by atoms with Gasteiger partial charge in [0.05, 0.1) is 0 Å². The van der Waals surface area contributed by atoms with E-state index in [4.69, 9.17) is 0 Å². The molecule has 16 heavy (non-hydrogen) atoms. The second kappa shape index (κ2) is 5.53. The van der Waals surface area contributed by atoms with E-state index in [9.17, 15) is 4.79 Å². The standard InChI is InChI=1S/C12H23N3O/c1-10(11-5-6-13-9-11)14-12(16)15-7-3-2-4-8-15/h10-11,13H,2-9H2,1H3,(H,14,16). The number of hydrogen-bond donors (Lipinski definition) is 2. The molecule has 2 unspecified atom stereocenters. The smallest absolute Gasteiger partial charge is 0.317 e. The third-order valence-corrected chi connectivity index (χ3v) is 3.80. The number of amides is 2. The highest BCUT2D eigenvalue weighted by molar-refractivity contribution is 5.74. The maximum Gasteiger partial charge on any atom is 0.317 e. The number of urea groups is 1. The first-order valence-corrected chi connectivity index (χ1v) is 6.53. The van der Waals surface area contributed by atoms with Gasteiger partial charge in [-0.1, -0.05) is 0 Å². The number of hydrogen-bond acceptors (Lipinski definition) is 2. The van der Waals surface area contributed by atoms with E-state index in [-0.39, 0.29) is 6.03 Å². The monoisotopic (exact) mass is 225 g/mol. The Labute approximate surface area is 97.8 Å². The zero-order valence-corrected chi connectivity index (χ0v) is 10.2. The molecule has 2 rings (SSSR count). The Kier molecular flexibility index (Phi) is 4.04. The molecular formula is C12H23N3O. The van der Waals surface area contributed by atoms with E-state index in [2.05, 4.69) is 17.6 Å². The van der Waals surface area contributed by atoms with Gasteiger partial charge in [-0.05, 0) is 51.6 Å². The van der Waals surface area contributed by atoms with Crippen molar-refractivity contribution in [2.45, 2.75) is 38.6 Å². The van der Waals surface area contributed by atoms with E-state index in [0.29, 0.717) is 12.0 Å². The van der Waals surface area contributed by atoms with E-state index in [1.807, 2.05) is 4.90 Å². The molecule has 2 heterocycles. The van der Waals surface area contributed by atoms with Crippen molar-refractivity contribution in [3.63, 3.8) is 0 Å². The average molecular weight is 225 g/mol. The number of nitrogens with one attached hydrogen (secondary N) is 2. The van der Waals surface area contributed by atoms with Gasteiger partial charge in [0.1, 0.15) is 0 Å². The Morgan fingerprint density at radius 2 is 2.12 bits per heavy atom. The lowest BCUT2D eigenvalue weighted by Crippen LogP contribution is -2.48. The second-order valence-corrected chi connectivity index (χ2v) is 5.04. The quantitative estimate of drug-likeness (QED) is 0.741. The first kappa shape index (κ1) is 11.7. The van der Waals surface area contributed by atoms with Gasteiger partial charge in [0.15, 0.2) is 0 Å². The van der Waals surface area contributed by atoms with Crippen LogP contribution < -0.4 is 10.6 Å². The molecule has 0 spiro atoms. The van der Waals surface area contributed by atoms with Crippen molar-refractivity contribution < 1.29 is 4.79 Å². The number of rotatable bonds is 2. The van der Waals surface area contributed by atoms with Crippen molar-refractivity contribution in [2.75, 3.05) is 26.2 Å². The van der Waals surface area contributed by atoms with Crippen LogP contribution in [-0.4, -0.2) is 43.2 Å². The molecule has 92 valence electrons. The van der Waals surface area contributed by atoms with E-state index >= 15 is 0 Å². The fraction of sp³-hybridized carbons (Fsp3) is 0.917. The maximum absolute atomic E-state index is 12.0. The summed E-state index contributed by atoms with van der Waals surface area (Å²) in [5.74, 6) is 0.605. The summed E-state index contributed by atoms with van der Waals surface area (Å²) in [5.41, 5.74) is 0. The van der Waals surface area contributed by atoms with E-state index in [1.165, 1.54) is 12.8 Å². The molecule has 2 amide bonds. The Hall–Kier alpha value is -0.770. The van der Waals surface area contributed by atoms with Crippen LogP contribution in [0.5, 0.6) is 0 Å². The first-order chi connectivity index (χ1) is 7.77. The molecule has 0 aromatic carbocycles. The minimum atomic E-state index is 0.138. The van der Waals surface area contributed by atoms with Crippen LogP contribution in [0.15, 0.2) is 0 Å². The van der Waals surface area contributed by atoms with Crippen molar-refractivity contribution in [2.24, 2.45) is 5.92 Å². The molecule has 0 aromatic rings. The van der Waals surface area contributed by atoms with Crippen molar-refractivity contribution >= 4 is 6.03 Å². The maximum atomic E-state index is 12.0. The molecule has 0 aliphatic carbocycles. The number of piperidine rings is 1. The van der Waals surface area contributed by atoms with Crippen LogP contribution in [-0.2, 0) is 0 Å². The van der Waals surface area contributed by atoms with Gasteiger partial charge in [-0.2, -0.15) is 0 Å². The Morgan fingerprint density at radius 1 is 1.38 bits per heavy atom. The van der Waals surface area contributed by atoms with E-state index in [0.717, 1.165) is 39.0 Å². The van der Waals surface area contributed by atoms with Crippen LogP contribution in [0, 0.1) is 5.92 Å². The number of carbonyl (C=O) groups excluding carboxylic acids is 1. The van der Waals surface area contributed by atoms with Crippen molar-refractivity contribution in [3.05, 3.63) is 0 Å². The highest BCUT2D eigenvalue weighted by Gasteiger charge is 2.24. The van der Waals surface area contributed by atoms with Crippen LogP contribution in [0.2, 0.25) is 0 Å². The minimum absolute atomic E-state index is 0.138. The molecule has 0 radical (unpaired) electrons. The summed E-state index contributed by atoms with van der Waals surface area (Å²) in [4.78, 5) is 13.9. The molecule has 2 fully saturated rings. The molecule has 0 aromatic heterocycles. The molecule has 2 aliphatic rings. The van der Waals surface area contributed by atoms with Crippen LogP contribution in [0.25, 0.3) is 0 Å². The summed E-state index contributed by atoms with van der Waals surface area (Å²) in [6.45, 7) is 6.12. The zero-order valence-electron chi connectivity index (χ0n) is 10.2. The van der Waals surface area contributed by atoms with E-state index in [1.54, 1.807) is 0 Å². The lowest BCUT2D eigenvalue weighted by Gasteiger charge is -2.29. The lowest BCUT2D eigenvalue weighted by atomic mass is 10.0. The largest absolute Gasteiger partial charge is 0.335 e. The average Bonchev–Trinajstić information content (AvgIpc) is 2.83. The fourth-order valence-corrected chi connectivity index (χ4v) is 2.60. The normalized spacial score (nSPS) is 27.8. The molecule has 0 saturated carbocycles. The van der Waals surface area contributed by atoms with Gasteiger partial charge in [0.25, 0.3) is 0 Å². The summed E-state index contributed by atoms with van der Waals surface area (Å²) in [6, 6.07) is 0.434. The molecule has 2 N–H and O–H groups in total. The Bertz CT molecular complexity index is 232. The van der Waals surface area contributed by atoms with Crippen molar-refractivity contribution in [3.8, 4) is 0 Å². The molecule has 4 nitrogen and oxygen atoms in total. The van der Waals surface area contributed by atoms with Crippen LogP contribution in [0.4, 0.5) is 4.79 Å². The summed E-state index contributed by atoms with van der Waals surface area (Å²) < 4.78 is 0. The van der Waals surface area contributed by atoms with Gasteiger partial charge >= 0.3 is 6.03 Å². The van der Waals surface area contributed by atoms with Crippen LogP contribution >= 0.6 is 0 Å². The minimum Gasteiger partial charge on any atom is -0.335 e. The Morgan fingerprint density at radius 3 is 2.75 bits per heavy atom. The predicted octanol–water partition coefficient (Wildman–Crippen LogP) is 1.18. The summed E-state index contributed by atoms with van der Waals surface area (Å²) >= 11 is 0. The first-order valence-electron chi connectivity index (χ1n) is 6.53. The van der Waals surface area contributed by atoms with E-state index < -0.39 is 0 Å². The Balaban J connectivity index is 1.76. The third kappa shape index (κ3) is 2.88. The van der Waals surface area contributed by atoms with Gasteiger partial charge in [-0.15, -0.1) is 0 Å². The molecule has 4 heteroatoms. The van der Waals surface area contributed by atoms with Gasteiger partial charge in [-0.25, -0.2) is 4.79 Å². The van der Waals surface area contributed by atoms with Crippen molar-refractivity contribution in [1.82, 2.24) is 15.5 Å². The molecule has 2 atom stereocenters. The molecular weight excluding hydrogens is 202 g/mol. The summed E-state index contributed by atoms with van der Waals surface area (Å²) in [6.07, 6.45) is 4.77. The number of carbonyl (C=O) groups is 1. The van der Waals surface area contributed by atoms with Gasteiger partial charge < -0.3 is 15.5 Å². The second-order valence-electron chi connectivity index (χ2n) is 5.04. The van der Waals surface area contributed by atoms with Crippen LogP contribution in [0.1, 0.15) is 32.6 Å². The topological polar surface area (TPSA) is 44.4 Å². The number of likely N-dealkylation sites (tertiary alicyclic amines) is 1. The van der Waals surface area contributed by atoms with Gasteiger partial charge in [0, 0.05) is 19.1 Å². The van der Waals surface area contributed by atoms with Gasteiger partial charge in [0.2, 0.25) is 0 Å². The highest BCUT2D eigenvalue weighted by Crippen LogP contribution is 2.14. The molecule has 2 saturated heterocycles. The van der Waals surface area contributed by atoms with Crippen molar-refractivity contribution in [1.29, 1.82) is 0 Å². The van der Waals surface area contributed by atoms with Crippen LogP contribution in [0.3, 0.4) is 0 Å². The third-order valence-electron chi connectivity index (χ3n) is 3.80. The fourth-order valence-electron chi connectivity index (χ4n) is 2.60. The molecule has 0 bridgehead atoms. The zero-order chi connectivity index (χ0) is 11.4. The summed E-state index contributed by atoms with van der Waals surface area (Å²) in [5, 5.41) is 6.48. The molecule has 2 aliphatic heterocycles. The predicted molar refractivity (Wildman–Crippen MR) is 64.4 cm³/mol. The van der Waals surface area contributed by atoms with Gasteiger partial charge in [-0.3, -0.25) is 0 Å². The number of nitrogens with zero attached hydrogens (tertiary/aromatic N) is 1. The SMILES string of the molecule is CC(NC(=O)N1CCCCC1)C1CCNC1. The lowest BCUT2D eigenvalue weighted by molar-refractivity contribution is 0.180.